The Bertz CT molecular complexity index is 886. The Morgan fingerprint density at radius 2 is 1.81 bits per heavy atom. The molecule has 0 saturated carbocycles. The summed E-state index contributed by atoms with van der Waals surface area (Å²) in [6.07, 6.45) is 5.87. The smallest absolute Gasteiger partial charge is 0.225 e. The summed E-state index contributed by atoms with van der Waals surface area (Å²) in [6, 6.07) is 10.4. The molecule has 0 spiro atoms. The zero-order chi connectivity index (χ0) is 18.4. The van der Waals surface area contributed by atoms with Crippen LogP contribution in [-0.4, -0.2) is 55.1 Å². The Morgan fingerprint density at radius 1 is 1.12 bits per heavy atom. The van der Waals surface area contributed by atoms with Gasteiger partial charge in [-0.2, -0.15) is 0 Å². The van der Waals surface area contributed by atoms with Gasteiger partial charge in [0, 0.05) is 49.9 Å². The average molecular weight is 372 g/mol. The van der Waals surface area contributed by atoms with Crippen molar-refractivity contribution in [1.82, 2.24) is 14.3 Å². The van der Waals surface area contributed by atoms with Gasteiger partial charge >= 0.3 is 0 Å². The molecule has 2 saturated heterocycles. The molecular formula is C19H24N4O2S. The van der Waals surface area contributed by atoms with Gasteiger partial charge in [0.25, 0.3) is 0 Å². The van der Waals surface area contributed by atoms with Crippen molar-refractivity contribution in [3.8, 4) is 0 Å². The molecule has 2 atom stereocenters. The summed E-state index contributed by atoms with van der Waals surface area (Å²) >= 11 is 0. The molecular weight excluding hydrogens is 348 g/mol. The molecule has 0 aliphatic carbocycles. The molecule has 6 nitrogen and oxygen atoms in total. The second-order valence-electron chi connectivity index (χ2n) is 7.53. The van der Waals surface area contributed by atoms with Gasteiger partial charge in [0.15, 0.2) is 0 Å². The normalized spacial score (nSPS) is 26.7. The Labute approximate surface area is 154 Å². The van der Waals surface area contributed by atoms with Crippen molar-refractivity contribution in [3.05, 3.63) is 53.9 Å². The summed E-state index contributed by atoms with van der Waals surface area (Å²) in [5.41, 5.74) is 2.14. The van der Waals surface area contributed by atoms with E-state index in [-0.39, 0.29) is 11.3 Å². The van der Waals surface area contributed by atoms with E-state index in [0.29, 0.717) is 13.1 Å². The Kier molecular flexibility index (Phi) is 4.23. The lowest BCUT2D eigenvalue weighted by Gasteiger charge is -2.44. The van der Waals surface area contributed by atoms with Crippen molar-refractivity contribution in [1.29, 1.82) is 0 Å². The third kappa shape index (κ3) is 2.99. The molecule has 0 N–H and O–H groups in total. The highest BCUT2D eigenvalue weighted by molar-refractivity contribution is 7.88. The van der Waals surface area contributed by atoms with Crippen LogP contribution in [0.2, 0.25) is 0 Å². The minimum Gasteiger partial charge on any atom is -0.340 e. The van der Waals surface area contributed by atoms with Crippen LogP contribution < -0.4 is 4.90 Å². The molecule has 0 amide bonds. The summed E-state index contributed by atoms with van der Waals surface area (Å²) in [6.45, 7) is 4.68. The highest BCUT2D eigenvalue weighted by Gasteiger charge is 2.52. The Hall–Kier alpha value is -1.99. The second-order valence-corrected chi connectivity index (χ2v) is 9.51. The van der Waals surface area contributed by atoms with E-state index < -0.39 is 10.0 Å². The SMILES string of the molecule is Cc1cnc(N2CCC3(c4ccccc4)CN(S(C)(=O)=O)CC3C2)nc1. The fourth-order valence-corrected chi connectivity index (χ4v) is 5.28. The molecule has 0 radical (unpaired) electrons. The number of rotatable bonds is 3. The van der Waals surface area contributed by atoms with Crippen molar-refractivity contribution in [2.45, 2.75) is 18.8 Å². The van der Waals surface area contributed by atoms with Crippen molar-refractivity contribution in [2.75, 3.05) is 37.3 Å². The molecule has 26 heavy (non-hydrogen) atoms. The molecule has 3 heterocycles. The molecule has 7 heteroatoms. The van der Waals surface area contributed by atoms with Crippen LogP contribution in [0.3, 0.4) is 0 Å². The first-order chi connectivity index (χ1) is 12.4. The van der Waals surface area contributed by atoms with Gasteiger partial charge in [-0.1, -0.05) is 30.3 Å². The van der Waals surface area contributed by atoms with Crippen molar-refractivity contribution >= 4 is 16.0 Å². The van der Waals surface area contributed by atoms with Gasteiger partial charge in [-0.3, -0.25) is 0 Å². The van der Waals surface area contributed by atoms with Gasteiger partial charge in [0.1, 0.15) is 0 Å². The molecule has 138 valence electrons. The number of hydrogen-bond acceptors (Lipinski definition) is 5. The lowest BCUT2D eigenvalue weighted by molar-refractivity contribution is 0.281. The van der Waals surface area contributed by atoms with Crippen molar-refractivity contribution < 1.29 is 8.42 Å². The molecule has 2 aliphatic heterocycles. The molecule has 2 aromatic rings. The first-order valence-electron chi connectivity index (χ1n) is 8.93. The summed E-state index contributed by atoms with van der Waals surface area (Å²) < 4.78 is 26.1. The molecule has 2 aliphatic rings. The van der Waals surface area contributed by atoms with Crippen LogP contribution in [-0.2, 0) is 15.4 Å². The van der Waals surface area contributed by atoms with E-state index in [9.17, 15) is 8.42 Å². The molecule has 1 aromatic carbocycles. The number of hydrogen-bond donors (Lipinski definition) is 0. The molecule has 4 rings (SSSR count). The highest BCUT2D eigenvalue weighted by Crippen LogP contribution is 2.46. The maximum atomic E-state index is 12.2. The zero-order valence-electron chi connectivity index (χ0n) is 15.2. The van der Waals surface area contributed by atoms with Gasteiger partial charge in [-0.05, 0) is 24.5 Å². The van der Waals surface area contributed by atoms with Crippen molar-refractivity contribution in [2.24, 2.45) is 5.92 Å². The minimum atomic E-state index is -3.21. The van der Waals surface area contributed by atoms with Gasteiger partial charge in [0.2, 0.25) is 16.0 Å². The van der Waals surface area contributed by atoms with E-state index in [4.69, 9.17) is 0 Å². The van der Waals surface area contributed by atoms with E-state index in [0.717, 1.165) is 31.0 Å². The molecule has 2 unspecified atom stereocenters. The molecule has 2 fully saturated rings. The third-order valence-corrected chi connectivity index (χ3v) is 7.02. The largest absolute Gasteiger partial charge is 0.340 e. The zero-order valence-corrected chi connectivity index (χ0v) is 16.0. The van der Waals surface area contributed by atoms with E-state index in [2.05, 4.69) is 27.0 Å². The number of aryl methyl sites for hydroxylation is 1. The van der Waals surface area contributed by atoms with Crippen LogP contribution in [0.5, 0.6) is 0 Å². The van der Waals surface area contributed by atoms with Gasteiger partial charge in [-0.15, -0.1) is 0 Å². The number of piperidine rings is 1. The maximum Gasteiger partial charge on any atom is 0.225 e. The Balaban J connectivity index is 1.68. The number of nitrogens with zero attached hydrogens (tertiary/aromatic N) is 4. The number of aromatic nitrogens is 2. The third-order valence-electron chi connectivity index (χ3n) is 5.80. The van der Waals surface area contributed by atoms with Crippen LogP contribution in [0.25, 0.3) is 0 Å². The fraction of sp³-hybridized carbons (Fsp3) is 0.474. The second kappa shape index (κ2) is 6.32. The topological polar surface area (TPSA) is 66.4 Å². The number of fused-ring (bicyclic) bond motifs is 1. The number of benzene rings is 1. The van der Waals surface area contributed by atoms with Crippen LogP contribution in [0.15, 0.2) is 42.7 Å². The minimum absolute atomic E-state index is 0.133. The lowest BCUT2D eigenvalue weighted by atomic mass is 9.68. The van der Waals surface area contributed by atoms with Crippen LogP contribution >= 0.6 is 0 Å². The number of sulfonamides is 1. The predicted molar refractivity (Wildman–Crippen MR) is 102 cm³/mol. The van der Waals surface area contributed by atoms with Gasteiger partial charge < -0.3 is 4.90 Å². The fourth-order valence-electron chi connectivity index (χ4n) is 4.36. The summed E-state index contributed by atoms with van der Waals surface area (Å²) in [7, 11) is -3.21. The monoisotopic (exact) mass is 372 g/mol. The summed E-state index contributed by atoms with van der Waals surface area (Å²) in [5.74, 6) is 0.952. The van der Waals surface area contributed by atoms with E-state index in [1.807, 2.05) is 37.5 Å². The van der Waals surface area contributed by atoms with Crippen LogP contribution in [0.4, 0.5) is 5.95 Å². The standard InChI is InChI=1S/C19H24N4O2S/c1-15-10-20-18(21-11-15)22-9-8-19(16-6-4-3-5-7-16)14-23(26(2,24)25)13-17(19)12-22/h3-7,10-11,17H,8-9,12-14H2,1-2H3. The highest BCUT2D eigenvalue weighted by atomic mass is 32.2. The Morgan fingerprint density at radius 3 is 2.46 bits per heavy atom. The molecule has 0 bridgehead atoms. The first kappa shape index (κ1) is 17.4. The van der Waals surface area contributed by atoms with E-state index in [1.165, 1.54) is 11.8 Å². The maximum absolute atomic E-state index is 12.2. The average Bonchev–Trinajstić information content (AvgIpc) is 3.03. The van der Waals surface area contributed by atoms with Crippen molar-refractivity contribution in [3.63, 3.8) is 0 Å². The predicted octanol–water partition coefficient (Wildman–Crippen LogP) is 1.82. The summed E-state index contributed by atoms with van der Waals surface area (Å²) in [4.78, 5) is 11.1. The summed E-state index contributed by atoms with van der Waals surface area (Å²) in [5, 5.41) is 0. The number of anilines is 1. The van der Waals surface area contributed by atoms with E-state index >= 15 is 0 Å². The van der Waals surface area contributed by atoms with Gasteiger partial charge in [-0.25, -0.2) is 22.7 Å². The quantitative estimate of drug-likeness (QED) is 0.822. The lowest BCUT2D eigenvalue weighted by Crippen LogP contribution is -2.50. The first-order valence-corrected chi connectivity index (χ1v) is 10.8. The van der Waals surface area contributed by atoms with Crippen LogP contribution in [0.1, 0.15) is 17.5 Å². The van der Waals surface area contributed by atoms with Gasteiger partial charge in [0.05, 0.1) is 6.26 Å². The van der Waals surface area contributed by atoms with E-state index in [1.54, 1.807) is 4.31 Å². The molecule has 1 aromatic heterocycles. The van der Waals surface area contributed by atoms with Crippen LogP contribution in [0, 0.1) is 12.8 Å².